The molecule has 0 saturated carbocycles. The quantitative estimate of drug-likeness (QED) is 0.153. The molecule has 0 aliphatic carbocycles. The second kappa shape index (κ2) is 19.8. The van der Waals surface area contributed by atoms with E-state index in [4.69, 9.17) is 9.47 Å². The van der Waals surface area contributed by atoms with Crippen molar-refractivity contribution in [2.75, 3.05) is 25.0 Å². The average Bonchev–Trinajstić information content (AvgIpc) is 3.00. The monoisotopic (exact) mass is 580 g/mol. The molecule has 6 heteroatoms. The molecular weight excluding hydrogens is 524 g/mol. The number of amides is 1. The predicted octanol–water partition coefficient (Wildman–Crippen LogP) is 8.71. The van der Waals surface area contributed by atoms with E-state index in [9.17, 15) is 9.90 Å². The van der Waals surface area contributed by atoms with Crippen LogP contribution in [-0.2, 0) is 20.9 Å². The van der Waals surface area contributed by atoms with Gasteiger partial charge >= 0.3 is 0 Å². The van der Waals surface area contributed by atoms with Crippen LogP contribution >= 0.6 is 0 Å². The molecule has 2 aromatic carbocycles. The van der Waals surface area contributed by atoms with Crippen molar-refractivity contribution >= 4 is 11.6 Å². The van der Waals surface area contributed by atoms with Gasteiger partial charge in [-0.3, -0.25) is 4.79 Å². The van der Waals surface area contributed by atoms with Gasteiger partial charge in [0, 0.05) is 31.1 Å². The molecule has 3 rings (SSSR count). The fourth-order valence-electron chi connectivity index (χ4n) is 5.77. The summed E-state index contributed by atoms with van der Waals surface area (Å²) in [4.78, 5) is 14.1. The highest BCUT2D eigenvalue weighted by molar-refractivity contribution is 5.88. The van der Waals surface area contributed by atoms with Crippen LogP contribution in [0.5, 0.6) is 0 Å². The maximum absolute atomic E-state index is 11.5. The lowest BCUT2D eigenvalue weighted by molar-refractivity contribution is -0.253. The van der Waals surface area contributed by atoms with Crippen molar-refractivity contribution in [2.24, 2.45) is 0 Å². The Morgan fingerprint density at radius 2 is 1.33 bits per heavy atom. The molecule has 0 spiro atoms. The minimum absolute atomic E-state index is 0.0344. The minimum atomic E-state index is -0.484. The van der Waals surface area contributed by atoms with Crippen LogP contribution in [0.2, 0.25) is 0 Å². The topological polar surface area (TPSA) is 71.0 Å². The van der Waals surface area contributed by atoms with Crippen LogP contribution in [0.4, 0.5) is 5.69 Å². The fourth-order valence-corrected chi connectivity index (χ4v) is 5.77. The van der Waals surface area contributed by atoms with Crippen molar-refractivity contribution in [3.63, 3.8) is 0 Å². The molecule has 1 amide bonds. The number of benzene rings is 2. The Kier molecular flexibility index (Phi) is 16.2. The van der Waals surface area contributed by atoms with Gasteiger partial charge in [0.15, 0.2) is 6.29 Å². The van der Waals surface area contributed by atoms with Crippen molar-refractivity contribution in [3.05, 3.63) is 65.2 Å². The van der Waals surface area contributed by atoms with E-state index in [1.54, 1.807) is 0 Å². The molecule has 0 aromatic heterocycles. The second-order valence-electron chi connectivity index (χ2n) is 12.0. The summed E-state index contributed by atoms with van der Waals surface area (Å²) in [6, 6.07) is 15.9. The number of nitrogens with one attached hydrogen (secondary N) is 1. The minimum Gasteiger partial charge on any atom is -0.392 e. The molecule has 2 aromatic rings. The first-order valence-corrected chi connectivity index (χ1v) is 16.6. The van der Waals surface area contributed by atoms with E-state index in [1.807, 2.05) is 36.4 Å². The summed E-state index contributed by atoms with van der Waals surface area (Å²) >= 11 is 0. The molecule has 0 bridgehead atoms. The average molecular weight is 581 g/mol. The van der Waals surface area contributed by atoms with Gasteiger partial charge in [-0.2, -0.15) is 0 Å². The van der Waals surface area contributed by atoms with Crippen molar-refractivity contribution in [1.29, 1.82) is 0 Å². The zero-order valence-corrected chi connectivity index (χ0v) is 26.5. The number of rotatable bonds is 20. The molecule has 1 aliphatic rings. The number of anilines is 1. The predicted molar refractivity (Wildman–Crippen MR) is 172 cm³/mol. The van der Waals surface area contributed by atoms with Crippen molar-refractivity contribution in [2.45, 2.75) is 129 Å². The van der Waals surface area contributed by atoms with Crippen molar-refractivity contribution < 1.29 is 19.4 Å². The largest absolute Gasteiger partial charge is 0.392 e. The summed E-state index contributed by atoms with van der Waals surface area (Å²) in [5.41, 5.74) is 3.72. The molecule has 2 N–H and O–H groups in total. The second-order valence-corrected chi connectivity index (χ2v) is 12.0. The van der Waals surface area contributed by atoms with E-state index < -0.39 is 6.29 Å². The number of ether oxygens (including phenoxy) is 2. The third-order valence-electron chi connectivity index (χ3n) is 8.24. The molecule has 1 saturated heterocycles. The van der Waals surface area contributed by atoms with Gasteiger partial charge in [-0.25, -0.2) is 0 Å². The maximum Gasteiger partial charge on any atom is 0.221 e. The number of aliphatic hydroxyl groups excluding tert-OH is 1. The Morgan fingerprint density at radius 1 is 0.786 bits per heavy atom. The Labute approximate surface area is 255 Å². The van der Waals surface area contributed by atoms with E-state index >= 15 is 0 Å². The van der Waals surface area contributed by atoms with Crippen LogP contribution in [0, 0.1) is 0 Å². The highest BCUT2D eigenvalue weighted by atomic mass is 16.7. The zero-order chi connectivity index (χ0) is 30.0. The van der Waals surface area contributed by atoms with Crippen LogP contribution in [0.25, 0.3) is 0 Å². The summed E-state index contributed by atoms with van der Waals surface area (Å²) in [6.07, 6.45) is 15.9. The normalized spacial score (nSPS) is 18.8. The van der Waals surface area contributed by atoms with Gasteiger partial charge in [-0.05, 0) is 49.2 Å². The molecule has 1 heterocycles. The van der Waals surface area contributed by atoms with Gasteiger partial charge in [0.05, 0.1) is 18.8 Å². The molecule has 0 unspecified atom stereocenters. The van der Waals surface area contributed by atoms with Gasteiger partial charge in [0.2, 0.25) is 5.91 Å². The first-order valence-electron chi connectivity index (χ1n) is 16.6. The molecular formula is C36H56N2O4. The van der Waals surface area contributed by atoms with Crippen LogP contribution in [0.15, 0.2) is 48.5 Å². The van der Waals surface area contributed by atoms with Crippen LogP contribution < -0.4 is 5.32 Å². The lowest BCUT2D eigenvalue weighted by Crippen LogP contribution is -2.40. The highest BCUT2D eigenvalue weighted by Crippen LogP contribution is 2.38. The van der Waals surface area contributed by atoms with Gasteiger partial charge in [-0.1, -0.05) is 114 Å². The van der Waals surface area contributed by atoms with E-state index in [1.165, 1.54) is 84.0 Å². The number of carbonyl (C=O) groups is 1. The Hall–Kier alpha value is -2.25. The first kappa shape index (κ1) is 34.2. The van der Waals surface area contributed by atoms with Gasteiger partial charge in [0.25, 0.3) is 0 Å². The van der Waals surface area contributed by atoms with E-state index in [2.05, 4.69) is 36.2 Å². The van der Waals surface area contributed by atoms with E-state index in [0.717, 1.165) is 48.4 Å². The smallest absolute Gasteiger partial charge is 0.221 e. The number of aliphatic hydroxyl groups is 1. The standard InChI is InChI=1S/C36H56N2O4/c1-4-6-8-10-12-14-24-38(25-15-13-11-9-7-5-2)27-34-26-35(31-18-16-30(28-39)17-19-31)42-36(41-34)32-20-22-33(23-21-32)37-29(3)40/h16-23,34-36,39H,4-15,24-28H2,1-3H3,(H,37,40)/t34-,35+,36+/m0/s1. The van der Waals surface area contributed by atoms with Crippen molar-refractivity contribution in [3.8, 4) is 0 Å². The first-order chi connectivity index (χ1) is 20.5. The summed E-state index contributed by atoms with van der Waals surface area (Å²) < 4.78 is 13.2. The highest BCUT2D eigenvalue weighted by Gasteiger charge is 2.33. The third-order valence-corrected chi connectivity index (χ3v) is 8.24. The molecule has 3 atom stereocenters. The maximum atomic E-state index is 11.5. The number of unbranched alkanes of at least 4 members (excludes halogenated alkanes) is 10. The lowest BCUT2D eigenvalue weighted by Gasteiger charge is -2.38. The number of hydrogen-bond donors (Lipinski definition) is 2. The molecule has 6 nitrogen and oxygen atoms in total. The van der Waals surface area contributed by atoms with E-state index in [-0.39, 0.29) is 24.7 Å². The Bertz CT molecular complexity index is 978. The summed E-state index contributed by atoms with van der Waals surface area (Å²) in [5, 5.41) is 12.4. The van der Waals surface area contributed by atoms with Crippen LogP contribution in [-0.4, -0.2) is 41.7 Å². The SMILES string of the molecule is CCCCCCCCN(CCCCCCCC)C[C@@H]1C[C@H](c2ccc(CO)cc2)O[C@H](c2ccc(NC(C)=O)cc2)O1. The fraction of sp³-hybridized carbons (Fsp3) is 0.639. The Morgan fingerprint density at radius 3 is 1.88 bits per heavy atom. The third kappa shape index (κ3) is 12.5. The Balaban J connectivity index is 1.70. The summed E-state index contributed by atoms with van der Waals surface area (Å²) in [7, 11) is 0. The lowest BCUT2D eigenvalue weighted by atomic mass is 9.99. The van der Waals surface area contributed by atoms with Gasteiger partial charge in [0.1, 0.15) is 0 Å². The van der Waals surface area contributed by atoms with Gasteiger partial charge < -0.3 is 24.8 Å². The molecule has 1 aliphatic heterocycles. The van der Waals surface area contributed by atoms with Gasteiger partial charge in [-0.15, -0.1) is 0 Å². The molecule has 1 fully saturated rings. The summed E-state index contributed by atoms with van der Waals surface area (Å²) in [6.45, 7) is 9.23. The zero-order valence-electron chi connectivity index (χ0n) is 26.5. The summed E-state index contributed by atoms with van der Waals surface area (Å²) in [5.74, 6) is -0.0878. The number of nitrogens with zero attached hydrogens (tertiary/aromatic N) is 1. The molecule has 42 heavy (non-hydrogen) atoms. The van der Waals surface area contributed by atoms with Crippen molar-refractivity contribution in [1.82, 2.24) is 4.90 Å². The molecule has 0 radical (unpaired) electrons. The molecule has 234 valence electrons. The number of hydrogen-bond acceptors (Lipinski definition) is 5. The van der Waals surface area contributed by atoms with Crippen LogP contribution in [0.1, 0.15) is 133 Å². The number of carbonyl (C=O) groups excluding carboxylic acids is 1. The van der Waals surface area contributed by atoms with Crippen LogP contribution in [0.3, 0.4) is 0 Å². The van der Waals surface area contributed by atoms with E-state index in [0.29, 0.717) is 0 Å².